The molecule has 1 unspecified atom stereocenters. The van der Waals surface area contributed by atoms with Crippen LogP contribution in [-0.4, -0.2) is 24.1 Å². The van der Waals surface area contributed by atoms with Gasteiger partial charge in [-0.25, -0.2) is 0 Å². The number of para-hydroxylation sites is 1. The quantitative estimate of drug-likeness (QED) is 0.813. The van der Waals surface area contributed by atoms with Crippen molar-refractivity contribution >= 4 is 18.3 Å². The van der Waals surface area contributed by atoms with Gasteiger partial charge in [0, 0.05) is 6.54 Å². The summed E-state index contributed by atoms with van der Waals surface area (Å²) in [7, 11) is 0. The molecule has 0 radical (unpaired) electrons. The van der Waals surface area contributed by atoms with Crippen molar-refractivity contribution in [2.75, 3.05) is 6.54 Å². The Morgan fingerprint density at radius 2 is 1.85 bits per heavy atom. The zero-order valence-corrected chi connectivity index (χ0v) is 13.2. The molecule has 3 N–H and O–H groups in total. The van der Waals surface area contributed by atoms with Gasteiger partial charge in [0.25, 0.3) is 5.91 Å². The Labute approximate surface area is 127 Å². The Kier molecular flexibility index (Phi) is 8.26. The maximum Gasteiger partial charge on any atom is 0.261 e. The van der Waals surface area contributed by atoms with E-state index < -0.39 is 6.10 Å². The summed E-state index contributed by atoms with van der Waals surface area (Å²) in [6.07, 6.45) is 1.08. The van der Waals surface area contributed by atoms with Crippen molar-refractivity contribution in [3.63, 3.8) is 0 Å². The van der Waals surface area contributed by atoms with E-state index in [9.17, 15) is 4.79 Å². The van der Waals surface area contributed by atoms with Crippen LogP contribution in [0.15, 0.2) is 30.3 Å². The summed E-state index contributed by atoms with van der Waals surface area (Å²) in [6, 6.07) is 9.33. The van der Waals surface area contributed by atoms with Crippen LogP contribution in [0.25, 0.3) is 0 Å². The second-order valence-corrected chi connectivity index (χ2v) is 4.75. The minimum absolute atomic E-state index is 0. The molecule has 0 spiro atoms. The van der Waals surface area contributed by atoms with Gasteiger partial charge >= 0.3 is 0 Å². The Morgan fingerprint density at radius 3 is 2.30 bits per heavy atom. The van der Waals surface area contributed by atoms with E-state index in [2.05, 4.69) is 5.32 Å². The summed E-state index contributed by atoms with van der Waals surface area (Å²) < 4.78 is 5.60. The lowest BCUT2D eigenvalue weighted by atomic mass is 9.92. The molecule has 0 aliphatic carbocycles. The van der Waals surface area contributed by atoms with Crippen LogP contribution in [0.3, 0.4) is 0 Å². The minimum Gasteiger partial charge on any atom is -0.481 e. The van der Waals surface area contributed by atoms with Gasteiger partial charge in [-0.1, -0.05) is 32.0 Å². The van der Waals surface area contributed by atoms with Gasteiger partial charge in [0.2, 0.25) is 0 Å². The van der Waals surface area contributed by atoms with Crippen LogP contribution in [0.2, 0.25) is 0 Å². The number of carbonyl (C=O) groups excluding carboxylic acids is 1. The predicted octanol–water partition coefficient (Wildman–Crippen LogP) is 2.51. The van der Waals surface area contributed by atoms with Crippen molar-refractivity contribution in [1.29, 1.82) is 0 Å². The van der Waals surface area contributed by atoms with Crippen LogP contribution >= 0.6 is 12.4 Å². The normalized spacial score (nSPS) is 12.2. The number of benzene rings is 1. The molecular formula is C15H25ClN2O2. The van der Waals surface area contributed by atoms with Crippen molar-refractivity contribution < 1.29 is 9.53 Å². The first kappa shape index (κ1) is 18.7. The number of rotatable bonds is 7. The summed E-state index contributed by atoms with van der Waals surface area (Å²) in [6.45, 7) is 6.23. The average Bonchev–Trinajstić information content (AvgIpc) is 2.45. The topological polar surface area (TPSA) is 64.3 Å². The molecule has 1 aromatic carbocycles. The minimum atomic E-state index is -0.536. The predicted molar refractivity (Wildman–Crippen MR) is 84.3 cm³/mol. The van der Waals surface area contributed by atoms with Crippen LogP contribution in [0.5, 0.6) is 5.75 Å². The van der Waals surface area contributed by atoms with Gasteiger partial charge in [0.05, 0.1) is 5.54 Å². The fourth-order valence-electron chi connectivity index (χ4n) is 1.89. The fraction of sp³-hybridized carbons (Fsp3) is 0.533. The first-order valence-corrected chi connectivity index (χ1v) is 6.80. The van der Waals surface area contributed by atoms with Crippen LogP contribution in [0.1, 0.15) is 33.6 Å². The Balaban J connectivity index is 0.00000361. The fourth-order valence-corrected chi connectivity index (χ4v) is 1.89. The Morgan fingerprint density at radius 1 is 1.30 bits per heavy atom. The highest BCUT2D eigenvalue weighted by atomic mass is 35.5. The molecule has 0 heterocycles. The highest BCUT2D eigenvalue weighted by Crippen LogP contribution is 2.15. The largest absolute Gasteiger partial charge is 0.481 e. The van der Waals surface area contributed by atoms with E-state index in [1.54, 1.807) is 6.92 Å². The summed E-state index contributed by atoms with van der Waals surface area (Å²) in [5, 5.41) is 3.01. The van der Waals surface area contributed by atoms with Crippen LogP contribution in [0.4, 0.5) is 0 Å². The van der Waals surface area contributed by atoms with Crippen LogP contribution in [-0.2, 0) is 4.79 Å². The van der Waals surface area contributed by atoms with Crippen LogP contribution < -0.4 is 15.8 Å². The molecule has 0 aliphatic heterocycles. The number of nitrogens with one attached hydrogen (secondary N) is 1. The number of nitrogens with two attached hydrogens (primary N) is 1. The summed E-state index contributed by atoms with van der Waals surface area (Å²) >= 11 is 0. The van der Waals surface area contributed by atoms with Gasteiger partial charge in [-0.05, 0) is 31.9 Å². The number of halogens is 1. The number of amides is 1. The Bertz CT molecular complexity index is 386. The number of ether oxygens (including phenoxy) is 1. The van der Waals surface area contributed by atoms with E-state index in [1.807, 2.05) is 44.2 Å². The first-order valence-electron chi connectivity index (χ1n) is 6.80. The number of hydrogen-bond donors (Lipinski definition) is 2. The van der Waals surface area contributed by atoms with Crippen molar-refractivity contribution in [1.82, 2.24) is 5.32 Å². The van der Waals surface area contributed by atoms with Gasteiger partial charge in [-0.3, -0.25) is 4.79 Å². The third-order valence-electron chi connectivity index (χ3n) is 3.56. The van der Waals surface area contributed by atoms with E-state index >= 15 is 0 Å². The molecule has 0 bridgehead atoms. The molecule has 1 amide bonds. The highest BCUT2D eigenvalue weighted by molar-refractivity contribution is 5.85. The van der Waals surface area contributed by atoms with Gasteiger partial charge in [0.15, 0.2) is 6.10 Å². The molecule has 4 nitrogen and oxygen atoms in total. The lowest BCUT2D eigenvalue weighted by Crippen LogP contribution is -2.55. The highest BCUT2D eigenvalue weighted by Gasteiger charge is 2.28. The van der Waals surface area contributed by atoms with Crippen molar-refractivity contribution in [3.05, 3.63) is 30.3 Å². The van der Waals surface area contributed by atoms with E-state index in [0.717, 1.165) is 12.8 Å². The molecule has 1 rings (SSSR count). The summed E-state index contributed by atoms with van der Waals surface area (Å²) in [5.41, 5.74) is 5.45. The van der Waals surface area contributed by atoms with E-state index in [-0.39, 0.29) is 23.9 Å². The summed E-state index contributed by atoms with van der Waals surface area (Å²) in [4.78, 5) is 12.1. The van der Waals surface area contributed by atoms with E-state index in [0.29, 0.717) is 12.3 Å². The monoisotopic (exact) mass is 300 g/mol. The average molecular weight is 301 g/mol. The maximum atomic E-state index is 12.1. The molecule has 0 aliphatic rings. The number of hydrogen-bond acceptors (Lipinski definition) is 3. The smallest absolute Gasteiger partial charge is 0.261 e. The van der Waals surface area contributed by atoms with Crippen molar-refractivity contribution in [3.8, 4) is 5.75 Å². The zero-order valence-electron chi connectivity index (χ0n) is 12.4. The van der Waals surface area contributed by atoms with Gasteiger partial charge in [-0.15, -0.1) is 12.4 Å². The van der Waals surface area contributed by atoms with Crippen molar-refractivity contribution in [2.24, 2.45) is 5.73 Å². The third-order valence-corrected chi connectivity index (χ3v) is 3.56. The third kappa shape index (κ3) is 5.02. The van der Waals surface area contributed by atoms with Crippen molar-refractivity contribution in [2.45, 2.75) is 45.3 Å². The molecule has 1 aromatic rings. The number of carbonyl (C=O) groups is 1. The Hall–Kier alpha value is -1.26. The van der Waals surface area contributed by atoms with Crippen LogP contribution in [0, 0.1) is 0 Å². The second kappa shape index (κ2) is 8.82. The maximum absolute atomic E-state index is 12.1. The molecule has 1 atom stereocenters. The molecule has 0 saturated heterocycles. The lowest BCUT2D eigenvalue weighted by Gasteiger charge is -2.32. The molecule has 0 saturated carbocycles. The second-order valence-electron chi connectivity index (χ2n) is 4.75. The van der Waals surface area contributed by atoms with Gasteiger partial charge in [-0.2, -0.15) is 0 Å². The molecule has 5 heteroatoms. The van der Waals surface area contributed by atoms with Gasteiger partial charge < -0.3 is 15.8 Å². The SMILES string of the molecule is CCC(CC)(CN)NC(=O)C(C)Oc1ccccc1.Cl. The molecule has 114 valence electrons. The molecular weight excluding hydrogens is 276 g/mol. The molecule has 20 heavy (non-hydrogen) atoms. The molecule has 0 fully saturated rings. The zero-order chi connectivity index (χ0) is 14.3. The van der Waals surface area contributed by atoms with Gasteiger partial charge in [0.1, 0.15) is 5.75 Å². The standard InChI is InChI=1S/C15H24N2O2.ClH/c1-4-15(5-2,11-16)17-14(18)12(3)19-13-9-7-6-8-10-13;/h6-10,12H,4-5,11,16H2,1-3H3,(H,17,18);1H. The molecule has 0 aromatic heterocycles. The van der Waals surface area contributed by atoms with E-state index in [1.165, 1.54) is 0 Å². The van der Waals surface area contributed by atoms with E-state index in [4.69, 9.17) is 10.5 Å². The first-order chi connectivity index (χ1) is 9.06. The lowest BCUT2D eigenvalue weighted by molar-refractivity contribution is -0.129. The summed E-state index contributed by atoms with van der Waals surface area (Å²) in [5.74, 6) is 0.564.